The van der Waals surface area contributed by atoms with Crippen molar-refractivity contribution in [2.45, 2.75) is 38.0 Å². The lowest BCUT2D eigenvalue weighted by molar-refractivity contribution is -0.165. The molecule has 0 saturated carbocycles. The molecule has 2 unspecified atom stereocenters. The first-order chi connectivity index (χ1) is 10.8. The second-order valence-corrected chi connectivity index (χ2v) is 5.03. The second-order valence-electron chi connectivity index (χ2n) is 5.03. The number of hydrogen-bond donors (Lipinski definition) is 4. The number of esters is 1. The van der Waals surface area contributed by atoms with E-state index in [1.165, 1.54) is 12.1 Å². The number of carbonyl (C=O) groups is 3. The molecule has 1 amide bonds. The first-order valence-electron chi connectivity index (χ1n) is 7.01. The smallest absolute Gasteiger partial charge is 0.345 e. The minimum absolute atomic E-state index is 0.0637. The minimum atomic E-state index is -1.45. The highest BCUT2D eigenvalue weighted by molar-refractivity contribution is 5.81. The summed E-state index contributed by atoms with van der Waals surface area (Å²) >= 11 is 0. The molecule has 1 rings (SSSR count). The van der Waals surface area contributed by atoms with Crippen LogP contribution in [0.1, 0.15) is 30.6 Å². The number of primary amides is 1. The van der Waals surface area contributed by atoms with Crippen LogP contribution in [0.2, 0.25) is 0 Å². The summed E-state index contributed by atoms with van der Waals surface area (Å²) in [7, 11) is 0. The van der Waals surface area contributed by atoms with Gasteiger partial charge >= 0.3 is 11.9 Å². The van der Waals surface area contributed by atoms with E-state index in [1.807, 2.05) is 0 Å². The van der Waals surface area contributed by atoms with Crippen molar-refractivity contribution in [3.05, 3.63) is 35.4 Å². The van der Waals surface area contributed by atoms with Crippen molar-refractivity contribution in [3.8, 4) is 0 Å². The molecule has 0 bridgehead atoms. The first kappa shape index (κ1) is 18.6. The number of aliphatic hydroxyl groups excluding tert-OH is 1. The first-order valence-corrected chi connectivity index (χ1v) is 7.01. The Labute approximate surface area is 133 Å². The lowest BCUT2D eigenvalue weighted by Crippen LogP contribution is -2.38. The summed E-state index contributed by atoms with van der Waals surface area (Å²) in [6, 6.07) is 5.18. The molecular weight excluding hydrogens is 304 g/mol. The summed E-state index contributed by atoms with van der Waals surface area (Å²) in [5.74, 6) is -2.96. The van der Waals surface area contributed by atoms with Gasteiger partial charge in [-0.3, -0.25) is 9.59 Å². The summed E-state index contributed by atoms with van der Waals surface area (Å²) in [6.45, 7) is 1.58. The molecule has 8 nitrogen and oxygen atoms in total. The fourth-order valence-corrected chi connectivity index (χ4v) is 1.93. The number of ether oxygens (including phenoxy) is 1. The van der Waals surface area contributed by atoms with Gasteiger partial charge in [0, 0.05) is 0 Å². The number of carbonyl (C=O) groups excluding carboxylic acids is 2. The van der Waals surface area contributed by atoms with Crippen molar-refractivity contribution in [1.29, 1.82) is 0 Å². The van der Waals surface area contributed by atoms with Gasteiger partial charge in [-0.05, 0) is 24.0 Å². The molecule has 0 aliphatic carbocycles. The molecule has 0 heterocycles. The molecule has 1 aromatic rings. The average molecular weight is 324 g/mol. The molecule has 6 N–H and O–H groups in total. The van der Waals surface area contributed by atoms with Gasteiger partial charge in [0.05, 0.1) is 0 Å². The molecule has 8 heteroatoms. The Kier molecular flexibility index (Phi) is 6.67. The second kappa shape index (κ2) is 8.25. The predicted molar refractivity (Wildman–Crippen MR) is 80.1 cm³/mol. The van der Waals surface area contributed by atoms with E-state index < -0.39 is 36.1 Å². The third-order valence-corrected chi connectivity index (χ3v) is 3.20. The quantitative estimate of drug-likeness (QED) is 0.469. The highest BCUT2D eigenvalue weighted by Crippen LogP contribution is 2.15. The Hall–Kier alpha value is -2.45. The molecule has 0 aliphatic heterocycles. The van der Waals surface area contributed by atoms with E-state index in [4.69, 9.17) is 21.3 Å². The normalized spacial score (nSPS) is 14.6. The molecule has 0 saturated heterocycles. The van der Waals surface area contributed by atoms with Gasteiger partial charge in [-0.2, -0.15) is 0 Å². The van der Waals surface area contributed by atoms with Crippen LogP contribution >= 0.6 is 0 Å². The lowest BCUT2D eigenvalue weighted by Gasteiger charge is -2.16. The summed E-state index contributed by atoms with van der Waals surface area (Å²) < 4.78 is 4.82. The van der Waals surface area contributed by atoms with Crippen LogP contribution in [0.5, 0.6) is 0 Å². The summed E-state index contributed by atoms with van der Waals surface area (Å²) in [4.78, 5) is 33.6. The molecule has 126 valence electrons. The topological polar surface area (TPSA) is 153 Å². The van der Waals surface area contributed by atoms with Crippen LogP contribution < -0.4 is 11.5 Å². The van der Waals surface area contributed by atoms with Crippen LogP contribution in [-0.2, 0) is 25.5 Å². The maximum Gasteiger partial charge on any atom is 0.345 e. The molecule has 0 aromatic heterocycles. The fraction of sp³-hybridized carbons (Fsp3) is 0.400. The number of aliphatic hydroxyl groups is 1. The Balaban J connectivity index is 2.75. The molecule has 0 spiro atoms. The third kappa shape index (κ3) is 5.35. The fourth-order valence-electron chi connectivity index (χ4n) is 1.93. The van der Waals surface area contributed by atoms with Gasteiger partial charge in [0.25, 0.3) is 5.91 Å². The number of carboxylic acid groups (broad SMARTS) is 1. The standard InChI is InChI=1S/C15H20N2O6/c1-2-11(14(20)21)23-15(22)10(16)7-8-4-3-5-9(6-8)12(18)13(17)19/h3-6,10-12,18H,2,7,16H2,1H3,(H2,17,19)(H,20,21)/t10-,11?,12?/m0/s1. The Morgan fingerprint density at radius 3 is 2.48 bits per heavy atom. The largest absolute Gasteiger partial charge is 0.479 e. The van der Waals surface area contributed by atoms with Crippen molar-refractivity contribution in [2.24, 2.45) is 11.5 Å². The molecule has 0 aliphatic rings. The highest BCUT2D eigenvalue weighted by Gasteiger charge is 2.24. The molecule has 0 fully saturated rings. The molecule has 3 atom stereocenters. The number of nitrogens with two attached hydrogens (primary N) is 2. The van der Waals surface area contributed by atoms with Crippen LogP contribution in [0.4, 0.5) is 0 Å². The summed E-state index contributed by atoms with van der Waals surface area (Å²) in [6.07, 6.45) is -2.49. The molecular formula is C15H20N2O6. The zero-order chi connectivity index (χ0) is 17.6. The zero-order valence-corrected chi connectivity index (χ0v) is 12.6. The lowest BCUT2D eigenvalue weighted by atomic mass is 10.0. The van der Waals surface area contributed by atoms with Gasteiger partial charge in [-0.25, -0.2) is 4.79 Å². The predicted octanol–water partition coefficient (Wildman–Crippen LogP) is -0.518. The van der Waals surface area contributed by atoms with Gasteiger partial charge < -0.3 is 26.4 Å². The van der Waals surface area contributed by atoms with Crippen molar-refractivity contribution < 1.29 is 29.3 Å². The zero-order valence-electron chi connectivity index (χ0n) is 12.6. The van der Waals surface area contributed by atoms with Gasteiger partial charge in [0.2, 0.25) is 0 Å². The van der Waals surface area contributed by atoms with E-state index in [0.29, 0.717) is 5.56 Å². The van der Waals surface area contributed by atoms with E-state index in [2.05, 4.69) is 0 Å². The monoisotopic (exact) mass is 324 g/mol. The highest BCUT2D eigenvalue weighted by atomic mass is 16.6. The number of rotatable bonds is 8. The Morgan fingerprint density at radius 2 is 1.96 bits per heavy atom. The van der Waals surface area contributed by atoms with Crippen molar-refractivity contribution >= 4 is 17.8 Å². The minimum Gasteiger partial charge on any atom is -0.479 e. The number of aliphatic carboxylic acids is 1. The summed E-state index contributed by atoms with van der Waals surface area (Å²) in [5, 5.41) is 18.5. The third-order valence-electron chi connectivity index (χ3n) is 3.20. The van der Waals surface area contributed by atoms with E-state index in [1.54, 1.807) is 19.1 Å². The summed E-state index contributed by atoms with van der Waals surface area (Å²) in [5.41, 5.74) is 11.6. The van der Waals surface area contributed by atoms with Crippen molar-refractivity contribution in [2.75, 3.05) is 0 Å². The maximum absolute atomic E-state index is 11.8. The van der Waals surface area contributed by atoms with E-state index in [-0.39, 0.29) is 18.4 Å². The van der Waals surface area contributed by atoms with Crippen LogP contribution in [-0.4, -0.2) is 40.2 Å². The van der Waals surface area contributed by atoms with E-state index >= 15 is 0 Å². The Bertz CT molecular complexity index is 589. The number of hydrogen-bond acceptors (Lipinski definition) is 6. The van der Waals surface area contributed by atoms with Crippen LogP contribution in [0, 0.1) is 0 Å². The van der Waals surface area contributed by atoms with Crippen LogP contribution in [0.15, 0.2) is 24.3 Å². The van der Waals surface area contributed by atoms with Gasteiger partial charge in [0.15, 0.2) is 12.2 Å². The van der Waals surface area contributed by atoms with Gasteiger partial charge in [-0.1, -0.05) is 31.2 Å². The molecule has 0 radical (unpaired) electrons. The number of carboxylic acids is 1. The van der Waals surface area contributed by atoms with Crippen LogP contribution in [0.25, 0.3) is 0 Å². The van der Waals surface area contributed by atoms with E-state index in [0.717, 1.165) is 0 Å². The molecule has 1 aromatic carbocycles. The SMILES string of the molecule is CCC(OC(=O)[C@@H](N)Cc1cccc(C(O)C(N)=O)c1)C(=O)O. The van der Waals surface area contributed by atoms with Crippen molar-refractivity contribution in [1.82, 2.24) is 0 Å². The van der Waals surface area contributed by atoms with Gasteiger partial charge in [-0.15, -0.1) is 0 Å². The van der Waals surface area contributed by atoms with Crippen LogP contribution in [0.3, 0.4) is 0 Å². The number of benzene rings is 1. The van der Waals surface area contributed by atoms with E-state index in [9.17, 15) is 19.5 Å². The molecule has 23 heavy (non-hydrogen) atoms. The van der Waals surface area contributed by atoms with Crippen molar-refractivity contribution in [3.63, 3.8) is 0 Å². The van der Waals surface area contributed by atoms with Gasteiger partial charge in [0.1, 0.15) is 6.04 Å². The number of amides is 1. The average Bonchev–Trinajstić information content (AvgIpc) is 2.51. The Morgan fingerprint density at radius 1 is 1.30 bits per heavy atom. The maximum atomic E-state index is 11.8.